The van der Waals surface area contributed by atoms with Crippen LogP contribution in [0.5, 0.6) is 11.5 Å². The third-order valence-electron chi connectivity index (χ3n) is 7.14. The van der Waals surface area contributed by atoms with Crippen LogP contribution < -0.4 is 14.4 Å². The molecule has 0 bridgehead atoms. The number of carbonyl (C=O) groups excluding carboxylic acids is 3. The van der Waals surface area contributed by atoms with Crippen molar-refractivity contribution in [2.45, 2.75) is 97.4 Å². The fraction of sp³-hybridized carbons (Fsp3) is 0.700. The van der Waals surface area contributed by atoms with Crippen LogP contribution in [0.4, 0.5) is 10.5 Å². The largest absolute Gasteiger partial charge is 0.496 e. The highest BCUT2D eigenvalue weighted by molar-refractivity contribution is 6.05. The summed E-state index contributed by atoms with van der Waals surface area (Å²) in [5, 5.41) is 0. The second-order valence-corrected chi connectivity index (χ2v) is 12.3. The van der Waals surface area contributed by atoms with Crippen molar-refractivity contribution in [3.05, 3.63) is 17.7 Å². The Kier molecular flexibility index (Phi) is 9.98. The lowest BCUT2D eigenvalue weighted by atomic mass is 9.99. The predicted octanol–water partition coefficient (Wildman–Crippen LogP) is 4.88. The minimum absolute atomic E-state index is 0.140. The first-order valence-electron chi connectivity index (χ1n) is 14.2. The highest BCUT2D eigenvalue weighted by atomic mass is 16.6. The summed E-state index contributed by atoms with van der Waals surface area (Å²) in [6.07, 6.45) is 2.69. The summed E-state index contributed by atoms with van der Waals surface area (Å²) in [7, 11) is 3.17. The van der Waals surface area contributed by atoms with E-state index in [0.717, 1.165) is 25.7 Å². The zero-order chi connectivity index (χ0) is 29.8. The van der Waals surface area contributed by atoms with Crippen LogP contribution in [0.2, 0.25) is 0 Å². The quantitative estimate of drug-likeness (QED) is 0.397. The first-order chi connectivity index (χ1) is 18.7. The second kappa shape index (κ2) is 12.7. The van der Waals surface area contributed by atoms with Crippen LogP contribution in [0.15, 0.2) is 12.1 Å². The van der Waals surface area contributed by atoms with Crippen molar-refractivity contribution in [2.24, 2.45) is 0 Å². The van der Waals surface area contributed by atoms with Gasteiger partial charge in [0, 0.05) is 45.5 Å². The van der Waals surface area contributed by atoms with Gasteiger partial charge in [0.15, 0.2) is 5.60 Å². The number of likely N-dealkylation sites (tertiary alicyclic amines) is 1. The van der Waals surface area contributed by atoms with E-state index in [4.69, 9.17) is 18.9 Å². The Morgan fingerprint density at radius 3 is 2.48 bits per heavy atom. The number of unbranched alkanes of at least 4 members (excludes halogenated alkanes) is 1. The normalized spacial score (nSPS) is 18.8. The van der Waals surface area contributed by atoms with Crippen molar-refractivity contribution in [3.8, 4) is 11.5 Å². The number of nitrogens with zero attached hydrogens (tertiary/aromatic N) is 3. The Bertz CT molecular complexity index is 1080. The molecule has 0 aromatic heterocycles. The van der Waals surface area contributed by atoms with Gasteiger partial charge in [-0.2, -0.15) is 0 Å². The Morgan fingerprint density at radius 2 is 1.88 bits per heavy atom. The van der Waals surface area contributed by atoms with Gasteiger partial charge in [-0.3, -0.25) is 9.59 Å². The van der Waals surface area contributed by atoms with Gasteiger partial charge in [0.2, 0.25) is 0 Å². The summed E-state index contributed by atoms with van der Waals surface area (Å²) in [6, 6.07) is 3.07. The van der Waals surface area contributed by atoms with E-state index in [-0.39, 0.29) is 30.0 Å². The molecule has 40 heavy (non-hydrogen) atoms. The number of carbonyl (C=O) groups is 3. The van der Waals surface area contributed by atoms with E-state index in [9.17, 15) is 14.4 Å². The van der Waals surface area contributed by atoms with Gasteiger partial charge in [0.25, 0.3) is 11.8 Å². The molecule has 2 aliphatic rings. The molecule has 1 atom stereocenters. The van der Waals surface area contributed by atoms with Crippen LogP contribution >= 0.6 is 0 Å². The lowest BCUT2D eigenvalue weighted by molar-refractivity contribution is -0.132. The number of fused-ring (bicyclic) bond motifs is 1. The first-order valence-corrected chi connectivity index (χ1v) is 14.2. The number of piperidine rings is 1. The summed E-state index contributed by atoms with van der Waals surface area (Å²) >= 11 is 0. The molecule has 0 spiro atoms. The highest BCUT2D eigenvalue weighted by Gasteiger charge is 2.42. The van der Waals surface area contributed by atoms with E-state index < -0.39 is 11.2 Å². The number of methoxy groups -OCH3 is 2. The Hall–Kier alpha value is -3.01. The first kappa shape index (κ1) is 31.5. The van der Waals surface area contributed by atoms with E-state index in [1.54, 1.807) is 42.9 Å². The fourth-order valence-corrected chi connectivity index (χ4v) is 5.30. The highest BCUT2D eigenvalue weighted by Crippen LogP contribution is 2.43. The van der Waals surface area contributed by atoms with Crippen LogP contribution in [0, 0.1) is 0 Å². The van der Waals surface area contributed by atoms with Gasteiger partial charge in [-0.05, 0) is 80.2 Å². The van der Waals surface area contributed by atoms with Gasteiger partial charge < -0.3 is 33.6 Å². The molecule has 0 unspecified atom stereocenters. The molecule has 10 heteroatoms. The Balaban J connectivity index is 1.96. The van der Waals surface area contributed by atoms with Gasteiger partial charge in [-0.25, -0.2) is 4.79 Å². The minimum Gasteiger partial charge on any atom is -0.496 e. The number of rotatable bonds is 9. The Morgan fingerprint density at radius 1 is 1.18 bits per heavy atom. The smallest absolute Gasteiger partial charge is 0.410 e. The van der Waals surface area contributed by atoms with Gasteiger partial charge in [0.05, 0.1) is 24.4 Å². The van der Waals surface area contributed by atoms with Crippen LogP contribution in [0.25, 0.3) is 0 Å². The SMILES string of the molecule is COCCCCN1C(=O)C(C)(C)Oc2cc(OC)c(C(=O)N(C(C)C)[C@@H]3CCCN(C(=O)OC(C)(C)C)C3)cc21. The summed E-state index contributed by atoms with van der Waals surface area (Å²) in [6.45, 7) is 15.0. The predicted molar refractivity (Wildman–Crippen MR) is 153 cm³/mol. The van der Waals surface area contributed by atoms with E-state index in [0.29, 0.717) is 49.0 Å². The monoisotopic (exact) mass is 561 g/mol. The van der Waals surface area contributed by atoms with E-state index in [2.05, 4.69) is 0 Å². The maximum absolute atomic E-state index is 14.2. The number of benzene rings is 1. The molecule has 1 fully saturated rings. The van der Waals surface area contributed by atoms with Gasteiger partial charge in [-0.15, -0.1) is 0 Å². The zero-order valence-electron chi connectivity index (χ0n) is 25.7. The third kappa shape index (κ3) is 7.19. The van der Waals surface area contributed by atoms with Gasteiger partial charge in [-0.1, -0.05) is 0 Å². The number of amides is 3. The van der Waals surface area contributed by atoms with Gasteiger partial charge in [0.1, 0.15) is 17.1 Å². The van der Waals surface area contributed by atoms with Crippen molar-refractivity contribution in [2.75, 3.05) is 45.4 Å². The number of hydrogen-bond donors (Lipinski definition) is 0. The maximum Gasteiger partial charge on any atom is 0.410 e. The van der Waals surface area contributed by atoms with E-state index in [1.165, 1.54) is 7.11 Å². The molecule has 3 rings (SSSR count). The molecule has 3 amide bonds. The topological polar surface area (TPSA) is 97.8 Å². The zero-order valence-corrected chi connectivity index (χ0v) is 25.7. The molecule has 1 aromatic rings. The van der Waals surface area contributed by atoms with Crippen molar-refractivity contribution in [3.63, 3.8) is 0 Å². The molecule has 0 N–H and O–H groups in total. The van der Waals surface area contributed by atoms with Crippen molar-refractivity contribution < 1.29 is 33.3 Å². The van der Waals surface area contributed by atoms with Crippen molar-refractivity contribution in [1.82, 2.24) is 9.80 Å². The average molecular weight is 562 g/mol. The molecule has 1 aromatic carbocycles. The molecule has 0 saturated carbocycles. The van der Waals surface area contributed by atoms with Crippen LogP contribution in [-0.2, 0) is 14.3 Å². The lowest BCUT2D eigenvalue weighted by Gasteiger charge is -2.42. The lowest BCUT2D eigenvalue weighted by Crippen LogP contribution is -2.54. The molecular formula is C30H47N3O7. The molecule has 1 saturated heterocycles. The standard InChI is InChI=1S/C30H47N3O7/c1-20(2)33(21-13-12-14-31(19-21)28(36)40-29(3,4)5)26(34)22-17-23-25(18-24(22)38-9)39-30(6,7)27(35)32(23)15-10-11-16-37-8/h17-18,20-21H,10-16,19H2,1-9H3/t21-/m1/s1. The Labute approximate surface area is 238 Å². The summed E-state index contributed by atoms with van der Waals surface area (Å²) in [4.78, 5) is 45.6. The van der Waals surface area contributed by atoms with E-state index >= 15 is 0 Å². The number of anilines is 1. The minimum atomic E-state index is -1.05. The third-order valence-corrected chi connectivity index (χ3v) is 7.14. The van der Waals surface area contributed by atoms with E-state index in [1.807, 2.05) is 39.5 Å². The van der Waals surface area contributed by atoms with Gasteiger partial charge >= 0.3 is 6.09 Å². The van der Waals surface area contributed by atoms with Crippen LogP contribution in [0.3, 0.4) is 0 Å². The molecule has 224 valence electrons. The van der Waals surface area contributed by atoms with Crippen LogP contribution in [0.1, 0.15) is 84.5 Å². The van der Waals surface area contributed by atoms with Crippen molar-refractivity contribution >= 4 is 23.6 Å². The maximum atomic E-state index is 14.2. The average Bonchev–Trinajstić information content (AvgIpc) is 2.86. The summed E-state index contributed by atoms with van der Waals surface area (Å²) in [5.41, 5.74) is -0.754. The van der Waals surface area contributed by atoms with Crippen molar-refractivity contribution in [1.29, 1.82) is 0 Å². The second-order valence-electron chi connectivity index (χ2n) is 12.3. The fourth-order valence-electron chi connectivity index (χ4n) is 5.30. The molecule has 0 aliphatic carbocycles. The summed E-state index contributed by atoms with van der Waals surface area (Å²) in [5.74, 6) is 0.484. The molecule has 2 heterocycles. The molecule has 0 radical (unpaired) electrons. The number of ether oxygens (including phenoxy) is 4. The molecule has 2 aliphatic heterocycles. The van der Waals surface area contributed by atoms with Crippen LogP contribution in [-0.4, -0.2) is 91.5 Å². The molecular weight excluding hydrogens is 514 g/mol. The molecule has 10 nitrogen and oxygen atoms in total. The summed E-state index contributed by atoms with van der Waals surface area (Å²) < 4.78 is 22.5. The number of hydrogen-bond acceptors (Lipinski definition) is 7.